The van der Waals surface area contributed by atoms with E-state index in [1.165, 1.54) is 11.1 Å². The molecule has 1 unspecified atom stereocenters. The molecule has 2 rings (SSSR count). The van der Waals surface area contributed by atoms with Gasteiger partial charge in [0, 0.05) is 22.9 Å². The molecule has 1 aromatic heterocycles. The Bertz CT molecular complexity index is 574. The maximum atomic E-state index is 5.60. The van der Waals surface area contributed by atoms with Gasteiger partial charge in [0.25, 0.3) is 0 Å². The van der Waals surface area contributed by atoms with Gasteiger partial charge in [-0.25, -0.2) is 0 Å². The highest BCUT2D eigenvalue weighted by molar-refractivity contribution is 9.10. The van der Waals surface area contributed by atoms with E-state index < -0.39 is 0 Å². The van der Waals surface area contributed by atoms with Gasteiger partial charge < -0.3 is 10.1 Å². The average molecular weight is 349 g/mol. The van der Waals surface area contributed by atoms with Crippen LogP contribution in [0, 0.1) is 0 Å². The minimum atomic E-state index is 0.256. The third-order valence-corrected chi connectivity index (χ3v) is 3.66. The molecule has 0 spiro atoms. The van der Waals surface area contributed by atoms with Crippen LogP contribution in [0.25, 0.3) is 0 Å². The molecule has 21 heavy (non-hydrogen) atoms. The zero-order chi connectivity index (χ0) is 15.1. The third-order valence-electron chi connectivity index (χ3n) is 3.22. The van der Waals surface area contributed by atoms with Crippen molar-refractivity contribution in [3.63, 3.8) is 0 Å². The standard InChI is InChI=1S/C17H21BrN2O/c1-3-20-17(9-13-8-15(18)12-19-11-13)14-6-5-7-16(10-14)21-4-2/h5-8,10-12,17,20H,3-4,9H2,1-2H3. The van der Waals surface area contributed by atoms with Crippen LogP contribution in [-0.4, -0.2) is 18.1 Å². The fourth-order valence-corrected chi connectivity index (χ4v) is 2.76. The predicted molar refractivity (Wildman–Crippen MR) is 89.7 cm³/mol. The van der Waals surface area contributed by atoms with E-state index in [0.717, 1.165) is 23.2 Å². The van der Waals surface area contributed by atoms with Crippen molar-refractivity contribution in [2.45, 2.75) is 26.3 Å². The molecule has 0 aliphatic carbocycles. The van der Waals surface area contributed by atoms with Gasteiger partial charge in [-0.3, -0.25) is 4.98 Å². The van der Waals surface area contributed by atoms with Gasteiger partial charge in [0.1, 0.15) is 5.75 Å². The first-order chi connectivity index (χ1) is 10.2. The minimum Gasteiger partial charge on any atom is -0.494 e. The van der Waals surface area contributed by atoms with Crippen molar-refractivity contribution >= 4 is 15.9 Å². The second kappa shape index (κ2) is 8.15. The van der Waals surface area contributed by atoms with Gasteiger partial charge in [-0.05, 0) is 65.1 Å². The molecule has 2 aromatic rings. The quantitative estimate of drug-likeness (QED) is 0.816. The van der Waals surface area contributed by atoms with Gasteiger partial charge in [-0.1, -0.05) is 19.1 Å². The first-order valence-electron chi connectivity index (χ1n) is 7.28. The summed E-state index contributed by atoms with van der Waals surface area (Å²) in [6, 6.07) is 10.7. The Kier molecular flexibility index (Phi) is 6.21. The fraction of sp³-hybridized carbons (Fsp3) is 0.353. The number of hydrogen-bond acceptors (Lipinski definition) is 3. The lowest BCUT2D eigenvalue weighted by atomic mass is 9.99. The van der Waals surface area contributed by atoms with Crippen LogP contribution in [0.3, 0.4) is 0 Å². The summed E-state index contributed by atoms with van der Waals surface area (Å²) in [6.45, 7) is 5.73. The number of pyridine rings is 1. The number of hydrogen-bond donors (Lipinski definition) is 1. The van der Waals surface area contributed by atoms with E-state index in [2.05, 4.69) is 51.4 Å². The number of nitrogens with zero attached hydrogens (tertiary/aromatic N) is 1. The predicted octanol–water partition coefficient (Wildman–Crippen LogP) is 4.14. The van der Waals surface area contributed by atoms with Gasteiger partial charge in [-0.2, -0.15) is 0 Å². The second-order valence-corrected chi connectivity index (χ2v) is 5.75. The van der Waals surface area contributed by atoms with Crippen molar-refractivity contribution in [1.82, 2.24) is 10.3 Å². The molecule has 0 aliphatic rings. The maximum absolute atomic E-state index is 5.60. The van der Waals surface area contributed by atoms with Crippen LogP contribution in [0.5, 0.6) is 5.75 Å². The summed E-state index contributed by atoms with van der Waals surface area (Å²) in [5.41, 5.74) is 2.44. The Balaban J connectivity index is 2.19. The zero-order valence-corrected chi connectivity index (χ0v) is 14.1. The number of nitrogens with one attached hydrogen (secondary N) is 1. The van der Waals surface area contributed by atoms with Gasteiger partial charge >= 0.3 is 0 Å². The van der Waals surface area contributed by atoms with Crippen LogP contribution in [0.15, 0.2) is 47.2 Å². The van der Waals surface area contributed by atoms with Gasteiger partial charge in [-0.15, -0.1) is 0 Å². The van der Waals surface area contributed by atoms with E-state index in [0.29, 0.717) is 6.61 Å². The maximum Gasteiger partial charge on any atom is 0.119 e. The Labute approximate surface area is 134 Å². The van der Waals surface area contributed by atoms with Gasteiger partial charge in [0.05, 0.1) is 6.61 Å². The number of benzene rings is 1. The molecule has 1 aromatic carbocycles. The number of aromatic nitrogens is 1. The smallest absolute Gasteiger partial charge is 0.119 e. The molecule has 0 radical (unpaired) electrons. The van der Waals surface area contributed by atoms with Crippen molar-refractivity contribution in [2.75, 3.05) is 13.2 Å². The molecule has 1 N–H and O–H groups in total. The molecule has 0 aliphatic heterocycles. The van der Waals surface area contributed by atoms with Crippen LogP contribution >= 0.6 is 15.9 Å². The molecule has 1 atom stereocenters. The van der Waals surface area contributed by atoms with Crippen LogP contribution in [0.2, 0.25) is 0 Å². The van der Waals surface area contributed by atoms with E-state index in [1.54, 1.807) is 0 Å². The van der Waals surface area contributed by atoms with E-state index in [1.807, 2.05) is 31.5 Å². The van der Waals surface area contributed by atoms with E-state index >= 15 is 0 Å². The van der Waals surface area contributed by atoms with Crippen LogP contribution in [-0.2, 0) is 6.42 Å². The molecule has 1 heterocycles. The zero-order valence-electron chi connectivity index (χ0n) is 12.5. The van der Waals surface area contributed by atoms with E-state index in [9.17, 15) is 0 Å². The lowest BCUT2D eigenvalue weighted by Crippen LogP contribution is -2.23. The molecular weight excluding hydrogens is 328 g/mol. The molecule has 3 nitrogen and oxygen atoms in total. The van der Waals surface area contributed by atoms with Crippen molar-refractivity contribution in [3.8, 4) is 5.75 Å². The third kappa shape index (κ3) is 4.83. The van der Waals surface area contributed by atoms with Crippen LogP contribution in [0.1, 0.15) is 31.0 Å². The molecular formula is C17H21BrN2O. The molecule has 112 valence electrons. The summed E-state index contributed by atoms with van der Waals surface area (Å²) in [6.07, 6.45) is 4.62. The Hall–Kier alpha value is -1.39. The summed E-state index contributed by atoms with van der Waals surface area (Å²) >= 11 is 3.48. The number of halogens is 1. The Morgan fingerprint density at radius 1 is 1.24 bits per heavy atom. The largest absolute Gasteiger partial charge is 0.494 e. The van der Waals surface area contributed by atoms with Crippen molar-refractivity contribution in [2.24, 2.45) is 0 Å². The SMILES string of the molecule is CCNC(Cc1cncc(Br)c1)c1cccc(OCC)c1. The Morgan fingerprint density at radius 2 is 2.10 bits per heavy atom. The minimum absolute atomic E-state index is 0.256. The number of rotatable bonds is 7. The Morgan fingerprint density at radius 3 is 2.81 bits per heavy atom. The molecule has 0 fully saturated rings. The molecule has 4 heteroatoms. The van der Waals surface area contributed by atoms with Gasteiger partial charge in [0.2, 0.25) is 0 Å². The van der Waals surface area contributed by atoms with Crippen LogP contribution < -0.4 is 10.1 Å². The summed E-state index contributed by atoms with van der Waals surface area (Å²) < 4.78 is 6.61. The molecule has 0 amide bonds. The number of ether oxygens (including phenoxy) is 1. The van der Waals surface area contributed by atoms with Crippen molar-refractivity contribution < 1.29 is 4.74 Å². The van der Waals surface area contributed by atoms with Crippen molar-refractivity contribution in [1.29, 1.82) is 0 Å². The summed E-state index contributed by atoms with van der Waals surface area (Å²) in [4.78, 5) is 4.24. The fourth-order valence-electron chi connectivity index (χ4n) is 2.35. The van der Waals surface area contributed by atoms with Crippen LogP contribution in [0.4, 0.5) is 0 Å². The summed E-state index contributed by atoms with van der Waals surface area (Å²) in [5.74, 6) is 0.922. The molecule has 0 saturated carbocycles. The van der Waals surface area contributed by atoms with Crippen molar-refractivity contribution in [3.05, 3.63) is 58.3 Å². The van der Waals surface area contributed by atoms with E-state index in [4.69, 9.17) is 4.74 Å². The highest BCUT2D eigenvalue weighted by Gasteiger charge is 2.12. The highest BCUT2D eigenvalue weighted by atomic mass is 79.9. The molecule has 0 bridgehead atoms. The normalized spacial score (nSPS) is 12.1. The monoisotopic (exact) mass is 348 g/mol. The summed E-state index contributed by atoms with van der Waals surface area (Å²) in [5, 5.41) is 3.54. The lowest BCUT2D eigenvalue weighted by Gasteiger charge is -2.19. The summed E-state index contributed by atoms with van der Waals surface area (Å²) in [7, 11) is 0. The molecule has 0 saturated heterocycles. The first kappa shape index (κ1) is 16.0. The number of likely N-dealkylation sites (N-methyl/N-ethyl adjacent to an activating group) is 1. The lowest BCUT2D eigenvalue weighted by molar-refractivity contribution is 0.339. The average Bonchev–Trinajstić information content (AvgIpc) is 2.47. The van der Waals surface area contributed by atoms with Gasteiger partial charge in [0.15, 0.2) is 0 Å². The first-order valence-corrected chi connectivity index (χ1v) is 8.07. The van der Waals surface area contributed by atoms with E-state index in [-0.39, 0.29) is 6.04 Å². The highest BCUT2D eigenvalue weighted by Crippen LogP contribution is 2.23. The topological polar surface area (TPSA) is 34.2 Å². The second-order valence-electron chi connectivity index (χ2n) is 4.83.